The van der Waals surface area contributed by atoms with Crippen LogP contribution in [0.1, 0.15) is 37.4 Å². The Hall–Kier alpha value is -3.74. The van der Waals surface area contributed by atoms with E-state index in [9.17, 15) is 9.59 Å². The summed E-state index contributed by atoms with van der Waals surface area (Å²) in [5.74, 6) is 0.176. The van der Waals surface area contributed by atoms with Crippen molar-refractivity contribution < 1.29 is 9.59 Å². The number of rotatable bonds is 8. The predicted octanol–water partition coefficient (Wildman–Crippen LogP) is 4.86. The van der Waals surface area contributed by atoms with Crippen LogP contribution in [-0.4, -0.2) is 28.3 Å². The van der Waals surface area contributed by atoms with Gasteiger partial charge in [-0.1, -0.05) is 25.5 Å². The molecule has 7 nitrogen and oxygen atoms in total. The molecular weight excluding hydrogens is 414 g/mol. The first-order valence-electron chi connectivity index (χ1n) is 11.4. The van der Waals surface area contributed by atoms with Crippen molar-refractivity contribution in [3.05, 3.63) is 72.2 Å². The summed E-state index contributed by atoms with van der Waals surface area (Å²) in [6.07, 6.45) is 5.09. The van der Waals surface area contributed by atoms with E-state index in [0.717, 1.165) is 36.3 Å². The highest BCUT2D eigenvalue weighted by atomic mass is 16.2. The summed E-state index contributed by atoms with van der Waals surface area (Å²) in [7, 11) is 0. The fourth-order valence-electron chi connectivity index (χ4n) is 3.91. The molecule has 0 saturated carbocycles. The van der Waals surface area contributed by atoms with Gasteiger partial charge < -0.3 is 15.5 Å². The Bertz CT molecular complexity index is 1110. The van der Waals surface area contributed by atoms with Crippen LogP contribution in [0.5, 0.6) is 0 Å². The van der Waals surface area contributed by atoms with Gasteiger partial charge in [0.15, 0.2) is 0 Å². The minimum atomic E-state index is -0.376. The summed E-state index contributed by atoms with van der Waals surface area (Å²) in [5.41, 5.74) is 4.55. The molecule has 2 heterocycles. The van der Waals surface area contributed by atoms with Crippen LogP contribution in [0.4, 0.5) is 22.9 Å². The Morgan fingerprint density at radius 2 is 1.79 bits per heavy atom. The van der Waals surface area contributed by atoms with Gasteiger partial charge in [0.05, 0.1) is 5.92 Å². The molecule has 2 N–H and O–H groups in total. The summed E-state index contributed by atoms with van der Waals surface area (Å²) in [6.45, 7) is 4.48. The summed E-state index contributed by atoms with van der Waals surface area (Å²) in [4.78, 5) is 35.4. The molecule has 0 radical (unpaired) electrons. The zero-order valence-electron chi connectivity index (χ0n) is 19.0. The smallest absolute Gasteiger partial charge is 0.229 e. The van der Waals surface area contributed by atoms with Crippen LogP contribution in [-0.2, 0) is 16.0 Å². The van der Waals surface area contributed by atoms with Gasteiger partial charge in [0.25, 0.3) is 0 Å². The molecule has 1 saturated heterocycles. The van der Waals surface area contributed by atoms with Crippen molar-refractivity contribution in [3.8, 4) is 0 Å². The third-order valence-electron chi connectivity index (χ3n) is 5.79. The quantitative estimate of drug-likeness (QED) is 0.519. The molecule has 33 heavy (non-hydrogen) atoms. The zero-order valence-corrected chi connectivity index (χ0v) is 19.0. The summed E-state index contributed by atoms with van der Waals surface area (Å²) in [6, 6.07) is 17.4. The molecule has 0 spiro atoms. The van der Waals surface area contributed by atoms with Crippen molar-refractivity contribution in [1.29, 1.82) is 0 Å². The lowest BCUT2D eigenvalue weighted by Crippen LogP contribution is -2.28. The Morgan fingerprint density at radius 3 is 2.48 bits per heavy atom. The van der Waals surface area contributed by atoms with Crippen molar-refractivity contribution in [3.63, 3.8) is 0 Å². The largest absolute Gasteiger partial charge is 0.340 e. The maximum absolute atomic E-state index is 12.8. The molecule has 1 aliphatic rings. The Balaban J connectivity index is 1.33. The minimum absolute atomic E-state index is 0.0175. The van der Waals surface area contributed by atoms with Gasteiger partial charge in [-0.05, 0) is 61.7 Å². The van der Waals surface area contributed by atoms with Crippen molar-refractivity contribution in [1.82, 2.24) is 9.97 Å². The molecule has 3 aromatic rings. The lowest BCUT2D eigenvalue weighted by atomic mass is 10.1. The highest BCUT2D eigenvalue weighted by Crippen LogP contribution is 2.27. The molecular formula is C26H29N5O2. The highest BCUT2D eigenvalue weighted by Gasteiger charge is 2.35. The number of hydrogen-bond acceptors (Lipinski definition) is 5. The van der Waals surface area contributed by atoms with Crippen LogP contribution in [0.15, 0.2) is 60.9 Å². The fourth-order valence-corrected chi connectivity index (χ4v) is 3.91. The standard InChI is InChI=1S/C26H29N5O2/c1-3-4-5-19-6-12-23(13-7-19)31-16-20(15-25(31)32)26(33)30-22-10-8-21(9-11-22)29-24-14-18(2)27-17-28-24/h6-14,17,20H,3-5,15-16H2,1-2H3,(H,30,33)(H,27,28,29). The summed E-state index contributed by atoms with van der Waals surface area (Å²) >= 11 is 0. The maximum Gasteiger partial charge on any atom is 0.229 e. The van der Waals surface area contributed by atoms with E-state index in [2.05, 4.69) is 39.7 Å². The molecule has 0 aliphatic carbocycles. The van der Waals surface area contributed by atoms with Crippen LogP contribution in [0.2, 0.25) is 0 Å². The lowest BCUT2D eigenvalue weighted by Gasteiger charge is -2.17. The second kappa shape index (κ2) is 10.3. The first-order chi connectivity index (χ1) is 16.0. The number of nitrogens with zero attached hydrogens (tertiary/aromatic N) is 3. The number of carbonyl (C=O) groups is 2. The van der Waals surface area contributed by atoms with Crippen LogP contribution < -0.4 is 15.5 Å². The van der Waals surface area contributed by atoms with Gasteiger partial charge in [-0.15, -0.1) is 0 Å². The monoisotopic (exact) mass is 443 g/mol. The molecule has 1 unspecified atom stereocenters. The van der Waals surface area contributed by atoms with Crippen LogP contribution >= 0.6 is 0 Å². The van der Waals surface area contributed by atoms with Crippen molar-refractivity contribution in [2.45, 2.75) is 39.5 Å². The molecule has 1 fully saturated rings. The fraction of sp³-hybridized carbons (Fsp3) is 0.308. The van der Waals surface area contributed by atoms with Gasteiger partial charge in [-0.3, -0.25) is 9.59 Å². The second-order valence-electron chi connectivity index (χ2n) is 8.41. The topological polar surface area (TPSA) is 87.2 Å². The molecule has 170 valence electrons. The van der Waals surface area contributed by atoms with E-state index in [0.29, 0.717) is 18.1 Å². The highest BCUT2D eigenvalue weighted by molar-refractivity contribution is 6.03. The average Bonchev–Trinajstić information content (AvgIpc) is 3.21. The van der Waals surface area contributed by atoms with E-state index < -0.39 is 0 Å². The van der Waals surface area contributed by atoms with E-state index >= 15 is 0 Å². The Kier molecular flexibility index (Phi) is 6.98. The molecule has 2 aromatic carbocycles. The molecule has 1 aliphatic heterocycles. The first-order valence-corrected chi connectivity index (χ1v) is 11.4. The van der Waals surface area contributed by atoms with E-state index in [1.165, 1.54) is 11.9 Å². The molecule has 1 aromatic heterocycles. The van der Waals surface area contributed by atoms with E-state index in [4.69, 9.17) is 0 Å². The third-order valence-corrected chi connectivity index (χ3v) is 5.79. The number of nitrogens with one attached hydrogen (secondary N) is 2. The number of carbonyl (C=O) groups excluding carboxylic acids is 2. The number of aryl methyl sites for hydroxylation is 2. The second-order valence-corrected chi connectivity index (χ2v) is 8.41. The average molecular weight is 444 g/mol. The number of anilines is 4. The van der Waals surface area contributed by atoms with Gasteiger partial charge >= 0.3 is 0 Å². The van der Waals surface area contributed by atoms with Crippen molar-refractivity contribution in [2.24, 2.45) is 5.92 Å². The van der Waals surface area contributed by atoms with Crippen LogP contribution in [0.25, 0.3) is 0 Å². The molecule has 0 bridgehead atoms. The minimum Gasteiger partial charge on any atom is -0.340 e. The van der Waals surface area contributed by atoms with Crippen molar-refractivity contribution in [2.75, 3.05) is 22.1 Å². The van der Waals surface area contributed by atoms with Gasteiger partial charge in [-0.25, -0.2) is 9.97 Å². The number of hydrogen-bond donors (Lipinski definition) is 2. The van der Waals surface area contributed by atoms with Gasteiger partial charge in [0.2, 0.25) is 11.8 Å². The summed E-state index contributed by atoms with van der Waals surface area (Å²) < 4.78 is 0. The lowest BCUT2D eigenvalue weighted by molar-refractivity contribution is -0.122. The number of benzene rings is 2. The van der Waals surface area contributed by atoms with E-state index in [1.807, 2.05) is 49.4 Å². The third kappa shape index (κ3) is 5.74. The van der Waals surface area contributed by atoms with Crippen molar-refractivity contribution >= 4 is 34.7 Å². The number of amides is 2. The summed E-state index contributed by atoms with van der Waals surface area (Å²) in [5, 5.41) is 6.15. The molecule has 4 rings (SSSR count). The van der Waals surface area contributed by atoms with Crippen LogP contribution in [0, 0.1) is 12.8 Å². The van der Waals surface area contributed by atoms with Gasteiger partial charge in [0, 0.05) is 41.8 Å². The number of unbranched alkanes of at least 4 members (excludes halogenated alkanes) is 1. The Morgan fingerprint density at radius 1 is 1.06 bits per heavy atom. The predicted molar refractivity (Wildman–Crippen MR) is 131 cm³/mol. The molecule has 2 amide bonds. The first kappa shape index (κ1) is 22.5. The SMILES string of the molecule is CCCCc1ccc(N2CC(C(=O)Nc3ccc(Nc4cc(C)ncn4)cc3)CC2=O)cc1. The van der Waals surface area contributed by atoms with Crippen LogP contribution in [0.3, 0.4) is 0 Å². The maximum atomic E-state index is 12.8. The zero-order chi connectivity index (χ0) is 23.2. The number of aromatic nitrogens is 2. The van der Waals surface area contributed by atoms with E-state index in [-0.39, 0.29) is 24.2 Å². The van der Waals surface area contributed by atoms with Gasteiger partial charge in [0.1, 0.15) is 12.1 Å². The van der Waals surface area contributed by atoms with E-state index in [1.54, 1.807) is 4.90 Å². The van der Waals surface area contributed by atoms with Gasteiger partial charge in [-0.2, -0.15) is 0 Å². The normalized spacial score (nSPS) is 15.5. The molecule has 7 heteroatoms. The Labute approximate surface area is 194 Å². The molecule has 1 atom stereocenters.